The molecular weight excluding hydrogens is 295 g/mol. The van der Waals surface area contributed by atoms with Gasteiger partial charge >= 0.3 is 0 Å². The Bertz CT molecular complexity index is 883. The normalized spacial score (nSPS) is 22.0. The van der Waals surface area contributed by atoms with Gasteiger partial charge in [-0.05, 0) is 42.0 Å². The molecule has 4 rings (SSSR count). The van der Waals surface area contributed by atoms with Crippen LogP contribution in [-0.4, -0.2) is 0 Å². The maximum atomic E-state index is 14.3. The molecule has 2 atom stereocenters. The van der Waals surface area contributed by atoms with Crippen molar-refractivity contribution in [2.24, 2.45) is 5.41 Å². The maximum absolute atomic E-state index is 14.3. The number of hydrogen-bond donors (Lipinski definition) is 0. The zero-order valence-corrected chi connectivity index (χ0v) is 14.7. The second-order valence-corrected chi connectivity index (χ2v) is 7.84. The van der Waals surface area contributed by atoms with Gasteiger partial charge in [-0.25, -0.2) is 4.39 Å². The Labute approximate surface area is 143 Å². The van der Waals surface area contributed by atoms with Crippen molar-refractivity contribution in [3.8, 4) is 0 Å². The molecule has 0 fully saturated rings. The molecule has 2 unspecified atom stereocenters. The molecule has 0 aliphatic heterocycles. The van der Waals surface area contributed by atoms with E-state index in [1.54, 1.807) is 6.07 Å². The summed E-state index contributed by atoms with van der Waals surface area (Å²) >= 11 is 0. The minimum Gasteiger partial charge on any atom is -0.206 e. The highest BCUT2D eigenvalue weighted by atomic mass is 19.1. The molecule has 0 bridgehead atoms. The molecule has 0 spiro atoms. The number of fused-ring (bicyclic) bond motifs is 2. The van der Waals surface area contributed by atoms with Crippen LogP contribution in [0.5, 0.6) is 0 Å². The molecule has 24 heavy (non-hydrogen) atoms. The van der Waals surface area contributed by atoms with Gasteiger partial charge in [0.1, 0.15) is 5.82 Å². The van der Waals surface area contributed by atoms with Gasteiger partial charge in [0.2, 0.25) is 0 Å². The predicted molar refractivity (Wildman–Crippen MR) is 99.4 cm³/mol. The van der Waals surface area contributed by atoms with Crippen LogP contribution >= 0.6 is 0 Å². The van der Waals surface area contributed by atoms with Crippen LogP contribution in [-0.2, 0) is 0 Å². The molecule has 0 aromatic heterocycles. The van der Waals surface area contributed by atoms with E-state index in [-0.39, 0.29) is 17.2 Å². The second-order valence-electron chi connectivity index (χ2n) is 7.84. The highest BCUT2D eigenvalue weighted by Gasteiger charge is 2.45. The summed E-state index contributed by atoms with van der Waals surface area (Å²) in [5.74, 6) is 0.489. The minimum atomic E-state index is -0.107. The molecule has 2 aliphatic rings. The van der Waals surface area contributed by atoms with Crippen molar-refractivity contribution in [2.45, 2.75) is 39.5 Å². The molecule has 2 aliphatic carbocycles. The third-order valence-corrected chi connectivity index (χ3v) is 5.86. The average molecular weight is 318 g/mol. The molecule has 2 aromatic rings. The highest BCUT2D eigenvalue weighted by Crippen LogP contribution is 2.58. The van der Waals surface area contributed by atoms with E-state index in [1.807, 2.05) is 12.1 Å². The molecule has 0 amide bonds. The molecule has 0 saturated carbocycles. The van der Waals surface area contributed by atoms with Crippen LogP contribution in [0.15, 0.2) is 53.6 Å². The molecule has 0 N–H and O–H groups in total. The Morgan fingerprint density at radius 1 is 0.792 bits per heavy atom. The smallest absolute Gasteiger partial charge is 0.130 e. The monoisotopic (exact) mass is 318 g/mol. The summed E-state index contributed by atoms with van der Waals surface area (Å²) in [6.45, 7) is 9.04. The van der Waals surface area contributed by atoms with Crippen molar-refractivity contribution in [3.63, 3.8) is 0 Å². The Kier molecular flexibility index (Phi) is 3.32. The first-order valence-electron chi connectivity index (χ1n) is 8.65. The van der Waals surface area contributed by atoms with E-state index in [9.17, 15) is 4.39 Å². The second kappa shape index (κ2) is 5.17. The van der Waals surface area contributed by atoms with E-state index in [4.69, 9.17) is 0 Å². The van der Waals surface area contributed by atoms with Crippen LogP contribution in [0.25, 0.3) is 12.2 Å². The number of allylic oxidation sites excluding steroid dienone is 2. The van der Waals surface area contributed by atoms with Crippen molar-refractivity contribution >= 4 is 12.2 Å². The third kappa shape index (κ3) is 2.04. The number of rotatable bonds is 2. The zero-order chi connectivity index (χ0) is 17.1. The Hall–Kier alpha value is -2.15. The quantitative estimate of drug-likeness (QED) is 0.588. The van der Waals surface area contributed by atoms with Crippen LogP contribution in [0.1, 0.15) is 61.8 Å². The van der Waals surface area contributed by atoms with Crippen molar-refractivity contribution in [2.75, 3.05) is 0 Å². The van der Waals surface area contributed by atoms with E-state index < -0.39 is 0 Å². The fourth-order valence-electron chi connectivity index (χ4n) is 5.13. The van der Waals surface area contributed by atoms with E-state index in [2.05, 4.69) is 64.1 Å². The van der Waals surface area contributed by atoms with Gasteiger partial charge in [0.25, 0.3) is 0 Å². The number of halogens is 1. The van der Waals surface area contributed by atoms with Gasteiger partial charge in [0.15, 0.2) is 0 Å². The molecule has 0 saturated heterocycles. The Morgan fingerprint density at radius 3 is 2.21 bits per heavy atom. The molecule has 0 nitrogen and oxygen atoms in total. The van der Waals surface area contributed by atoms with E-state index >= 15 is 0 Å². The van der Waals surface area contributed by atoms with Crippen LogP contribution in [0.2, 0.25) is 0 Å². The first-order valence-corrected chi connectivity index (χ1v) is 8.65. The van der Waals surface area contributed by atoms with Gasteiger partial charge in [0.05, 0.1) is 0 Å². The third-order valence-electron chi connectivity index (χ3n) is 5.86. The van der Waals surface area contributed by atoms with Crippen LogP contribution in [0, 0.1) is 11.2 Å². The summed E-state index contributed by atoms with van der Waals surface area (Å²) in [6, 6.07) is 14.2. The Balaban J connectivity index is 1.85. The lowest BCUT2D eigenvalue weighted by atomic mass is 9.63. The number of hydrogen-bond acceptors (Lipinski definition) is 0. The van der Waals surface area contributed by atoms with E-state index in [1.165, 1.54) is 22.3 Å². The van der Waals surface area contributed by atoms with Gasteiger partial charge < -0.3 is 0 Å². The fourth-order valence-corrected chi connectivity index (χ4v) is 5.13. The zero-order valence-electron chi connectivity index (χ0n) is 14.7. The minimum absolute atomic E-state index is 0.0210. The lowest BCUT2D eigenvalue weighted by molar-refractivity contribution is 0.274. The summed E-state index contributed by atoms with van der Waals surface area (Å²) in [5.41, 5.74) is 7.28. The van der Waals surface area contributed by atoms with Crippen LogP contribution in [0.4, 0.5) is 4.39 Å². The summed E-state index contributed by atoms with van der Waals surface area (Å²) in [5, 5.41) is 0. The van der Waals surface area contributed by atoms with E-state index in [0.717, 1.165) is 11.1 Å². The molecular formula is C23H23F. The Morgan fingerprint density at radius 2 is 1.42 bits per heavy atom. The van der Waals surface area contributed by atoms with Gasteiger partial charge in [0, 0.05) is 17.4 Å². The van der Waals surface area contributed by atoms with Crippen LogP contribution in [0.3, 0.4) is 0 Å². The van der Waals surface area contributed by atoms with Gasteiger partial charge in [-0.2, -0.15) is 0 Å². The standard InChI is InChI=1S/C23H23F/c1-14-12-16-8-5-6-9-17(16)21(14)23(3,4)22-15(2)13-19-18(22)10-7-11-20(19)24/h5-13,21-22H,1-4H3. The number of benzene rings is 2. The maximum Gasteiger partial charge on any atom is 0.130 e. The fraction of sp³-hybridized carbons (Fsp3) is 0.304. The molecule has 1 heteroatoms. The summed E-state index contributed by atoms with van der Waals surface area (Å²) in [6.07, 6.45) is 4.35. The lowest BCUT2D eigenvalue weighted by Crippen LogP contribution is -2.29. The summed E-state index contributed by atoms with van der Waals surface area (Å²) in [7, 11) is 0. The SMILES string of the molecule is CC1=Cc2ccccc2C1C(C)(C)C1C(C)=Cc2c(F)cccc21. The van der Waals surface area contributed by atoms with Crippen LogP contribution < -0.4 is 0 Å². The highest BCUT2D eigenvalue weighted by molar-refractivity contribution is 5.70. The van der Waals surface area contributed by atoms with E-state index in [0.29, 0.717) is 5.92 Å². The summed E-state index contributed by atoms with van der Waals surface area (Å²) < 4.78 is 14.3. The average Bonchev–Trinajstić information content (AvgIpc) is 3.04. The summed E-state index contributed by atoms with van der Waals surface area (Å²) in [4.78, 5) is 0. The lowest BCUT2D eigenvalue weighted by Gasteiger charge is -2.40. The van der Waals surface area contributed by atoms with Gasteiger partial charge in [-0.1, -0.05) is 73.5 Å². The predicted octanol–water partition coefficient (Wildman–Crippen LogP) is 6.55. The van der Waals surface area contributed by atoms with Gasteiger partial charge in [-0.15, -0.1) is 0 Å². The molecule has 122 valence electrons. The van der Waals surface area contributed by atoms with Crippen molar-refractivity contribution in [1.29, 1.82) is 0 Å². The molecule has 0 radical (unpaired) electrons. The molecule has 0 heterocycles. The largest absolute Gasteiger partial charge is 0.206 e. The first kappa shape index (κ1) is 15.4. The van der Waals surface area contributed by atoms with Crippen molar-refractivity contribution in [1.82, 2.24) is 0 Å². The topological polar surface area (TPSA) is 0 Å². The molecule has 2 aromatic carbocycles. The van der Waals surface area contributed by atoms with Crippen molar-refractivity contribution in [3.05, 3.63) is 81.7 Å². The first-order chi connectivity index (χ1) is 11.4. The van der Waals surface area contributed by atoms with Crippen molar-refractivity contribution < 1.29 is 4.39 Å². The van der Waals surface area contributed by atoms with Gasteiger partial charge in [-0.3, -0.25) is 0 Å².